The SMILES string of the molecule is COC(=O)NC(C(=O)NCCCCc1nc2ccc(-c3ccc4cc(-c5cnc(C6CCCN6C(=O)C(NC(=O)OC)C6CCOCC6)[nH]5)ccc4c3)cc2[nH]1)C1CCOCC1. The van der Waals surface area contributed by atoms with Crippen LogP contribution in [0.1, 0.15) is 69.1 Å². The van der Waals surface area contributed by atoms with E-state index in [1.54, 1.807) is 0 Å². The number of unbranched alkanes of at least 4 members (excludes halogenated alkanes) is 1. The number of carbonyl (C=O) groups is 4. The van der Waals surface area contributed by atoms with Crippen LogP contribution in [-0.2, 0) is 35.0 Å². The number of aromatic nitrogens is 4. The fourth-order valence-corrected chi connectivity index (χ4v) is 9.09. The number of imidazole rings is 2. The molecule has 16 heteroatoms. The van der Waals surface area contributed by atoms with Gasteiger partial charge in [-0.25, -0.2) is 19.6 Å². The highest BCUT2D eigenvalue weighted by Gasteiger charge is 2.40. The molecule has 5 N–H and O–H groups in total. The van der Waals surface area contributed by atoms with E-state index in [1.807, 2.05) is 17.2 Å². The van der Waals surface area contributed by atoms with Crippen molar-refractivity contribution in [2.45, 2.75) is 75.9 Å². The molecule has 3 aliphatic rings. The predicted molar refractivity (Wildman–Crippen MR) is 232 cm³/mol. The molecule has 3 aromatic carbocycles. The second-order valence-electron chi connectivity index (χ2n) is 16.4. The molecule has 3 saturated heterocycles. The monoisotopic (exact) mass is 848 g/mol. The van der Waals surface area contributed by atoms with Crippen LogP contribution in [0, 0.1) is 11.8 Å². The van der Waals surface area contributed by atoms with Gasteiger partial charge in [0.25, 0.3) is 0 Å². The van der Waals surface area contributed by atoms with Gasteiger partial charge in [0.1, 0.15) is 23.7 Å². The number of nitrogens with one attached hydrogen (secondary N) is 5. The van der Waals surface area contributed by atoms with E-state index in [2.05, 4.69) is 74.4 Å². The first-order valence-corrected chi connectivity index (χ1v) is 21.8. The van der Waals surface area contributed by atoms with Gasteiger partial charge < -0.3 is 49.8 Å². The summed E-state index contributed by atoms with van der Waals surface area (Å²) in [5, 5.41) is 10.7. The largest absolute Gasteiger partial charge is 0.453 e. The molecule has 0 spiro atoms. The van der Waals surface area contributed by atoms with E-state index in [4.69, 9.17) is 28.9 Å². The molecule has 5 heterocycles. The van der Waals surface area contributed by atoms with Crippen molar-refractivity contribution in [3.8, 4) is 22.4 Å². The lowest BCUT2D eigenvalue weighted by Gasteiger charge is -2.34. The number of benzene rings is 3. The standard InChI is InChI=1S/C46H56N8O8/c1-59-45(57)52-40(28-14-20-61-21-15-28)43(55)47-18-4-3-7-39-49-35-13-12-33(26-36(35)50-39)31-8-9-32-25-34(11-10-30(32)24-31)37-27-48-42(51-37)38-6-5-19-54(38)44(56)41(53-46(58)60-2)29-16-22-62-23-17-29/h8-13,24-29,38,40-41H,3-7,14-23H2,1-2H3,(H,47,55)(H,48,51)(H,49,50)(H,52,57)(H,53,58). The number of rotatable bonds is 14. The van der Waals surface area contributed by atoms with Crippen molar-refractivity contribution in [2.75, 3.05) is 53.7 Å². The van der Waals surface area contributed by atoms with Crippen molar-refractivity contribution in [3.63, 3.8) is 0 Å². The molecule has 0 radical (unpaired) electrons. The van der Waals surface area contributed by atoms with E-state index in [0.717, 1.165) is 87.9 Å². The summed E-state index contributed by atoms with van der Waals surface area (Å²) in [5.41, 5.74) is 5.90. The van der Waals surface area contributed by atoms with Crippen LogP contribution in [0.4, 0.5) is 9.59 Å². The first-order chi connectivity index (χ1) is 30.3. The summed E-state index contributed by atoms with van der Waals surface area (Å²) < 4.78 is 20.6. The van der Waals surface area contributed by atoms with E-state index in [0.29, 0.717) is 65.2 Å². The fourth-order valence-electron chi connectivity index (χ4n) is 9.09. The molecular formula is C46H56N8O8. The smallest absolute Gasteiger partial charge is 0.407 e. The highest BCUT2D eigenvalue weighted by atomic mass is 16.5. The van der Waals surface area contributed by atoms with Gasteiger partial charge in [0, 0.05) is 51.5 Å². The summed E-state index contributed by atoms with van der Waals surface area (Å²) >= 11 is 0. The number of fused-ring (bicyclic) bond motifs is 2. The van der Waals surface area contributed by atoms with Gasteiger partial charge in [-0.1, -0.05) is 30.3 Å². The van der Waals surface area contributed by atoms with E-state index in [1.165, 1.54) is 14.2 Å². The number of amides is 4. The first kappa shape index (κ1) is 42.7. The Bertz CT molecular complexity index is 2370. The minimum absolute atomic E-state index is 0.00531. The van der Waals surface area contributed by atoms with Crippen molar-refractivity contribution in [2.24, 2.45) is 11.8 Å². The summed E-state index contributed by atoms with van der Waals surface area (Å²) in [7, 11) is 2.60. The van der Waals surface area contributed by atoms with Gasteiger partial charge in [-0.05, 0) is 109 Å². The van der Waals surface area contributed by atoms with Gasteiger partial charge in [-0.3, -0.25) is 9.59 Å². The second kappa shape index (κ2) is 19.8. The summed E-state index contributed by atoms with van der Waals surface area (Å²) in [6, 6.07) is 17.5. The molecular weight excluding hydrogens is 793 g/mol. The Hall–Kier alpha value is -6.00. The average Bonchev–Trinajstić information content (AvgIpc) is 4.10. The third-order valence-corrected chi connectivity index (χ3v) is 12.5. The number of carbonyl (C=O) groups excluding carboxylic acids is 4. The van der Waals surface area contributed by atoms with Crippen molar-refractivity contribution in [1.82, 2.24) is 40.8 Å². The Balaban J connectivity index is 0.876. The van der Waals surface area contributed by atoms with Crippen molar-refractivity contribution in [3.05, 3.63) is 72.4 Å². The number of hydrogen-bond donors (Lipinski definition) is 5. The number of likely N-dealkylation sites (tertiary alicyclic amines) is 1. The molecule has 3 aliphatic heterocycles. The van der Waals surface area contributed by atoms with E-state index in [-0.39, 0.29) is 29.7 Å². The Kier molecular flexibility index (Phi) is 13.6. The van der Waals surface area contributed by atoms with Crippen LogP contribution in [0.5, 0.6) is 0 Å². The summed E-state index contributed by atoms with van der Waals surface area (Å²) in [5.74, 6) is 1.30. The Labute approximate surface area is 360 Å². The normalized spacial score (nSPS) is 18.4. The molecule has 4 amide bonds. The van der Waals surface area contributed by atoms with Crippen LogP contribution in [0.2, 0.25) is 0 Å². The van der Waals surface area contributed by atoms with Gasteiger partial charge >= 0.3 is 12.2 Å². The minimum atomic E-state index is -0.683. The molecule has 62 heavy (non-hydrogen) atoms. The summed E-state index contributed by atoms with van der Waals surface area (Å²) in [6.07, 6.45) is 7.37. The molecule has 0 saturated carbocycles. The third-order valence-electron chi connectivity index (χ3n) is 12.5. The van der Waals surface area contributed by atoms with Crippen LogP contribution in [-0.4, -0.2) is 115 Å². The van der Waals surface area contributed by atoms with Crippen LogP contribution >= 0.6 is 0 Å². The molecule has 3 atom stereocenters. The zero-order valence-electron chi connectivity index (χ0n) is 35.4. The topological polar surface area (TPSA) is 202 Å². The van der Waals surface area contributed by atoms with Gasteiger partial charge in [-0.15, -0.1) is 0 Å². The number of alkyl carbamates (subject to hydrolysis) is 2. The Morgan fingerprint density at radius 2 is 1.40 bits per heavy atom. The number of hydrogen-bond acceptors (Lipinski definition) is 10. The van der Waals surface area contributed by atoms with Crippen LogP contribution in [0.3, 0.4) is 0 Å². The van der Waals surface area contributed by atoms with Gasteiger partial charge in [-0.2, -0.15) is 0 Å². The summed E-state index contributed by atoms with van der Waals surface area (Å²) in [4.78, 5) is 69.6. The lowest BCUT2D eigenvalue weighted by atomic mass is 9.90. The minimum Gasteiger partial charge on any atom is -0.453 e. The lowest BCUT2D eigenvalue weighted by Crippen LogP contribution is -2.53. The highest BCUT2D eigenvalue weighted by Crippen LogP contribution is 2.35. The molecule has 328 valence electrons. The predicted octanol–water partition coefficient (Wildman–Crippen LogP) is 6.18. The number of aryl methyl sites for hydroxylation is 1. The van der Waals surface area contributed by atoms with Crippen molar-refractivity contribution >= 4 is 45.8 Å². The quantitative estimate of drug-likeness (QED) is 0.0804. The number of nitrogens with zero attached hydrogens (tertiary/aromatic N) is 3. The molecule has 5 aromatic rings. The number of H-pyrrole nitrogens is 2. The van der Waals surface area contributed by atoms with Gasteiger partial charge in [0.2, 0.25) is 11.8 Å². The number of aromatic amines is 2. The Morgan fingerprint density at radius 1 is 0.774 bits per heavy atom. The molecule has 3 unspecified atom stereocenters. The van der Waals surface area contributed by atoms with Gasteiger partial charge in [0.05, 0.1) is 43.2 Å². The molecule has 3 fully saturated rings. The summed E-state index contributed by atoms with van der Waals surface area (Å²) in [6.45, 7) is 3.35. The van der Waals surface area contributed by atoms with Crippen molar-refractivity contribution in [1.29, 1.82) is 0 Å². The zero-order valence-corrected chi connectivity index (χ0v) is 35.4. The van der Waals surface area contributed by atoms with E-state index < -0.39 is 24.3 Å². The van der Waals surface area contributed by atoms with E-state index >= 15 is 0 Å². The molecule has 0 bridgehead atoms. The molecule has 16 nitrogen and oxygen atoms in total. The van der Waals surface area contributed by atoms with Crippen LogP contribution in [0.15, 0.2) is 60.8 Å². The maximum atomic E-state index is 14.0. The van der Waals surface area contributed by atoms with Crippen LogP contribution in [0.25, 0.3) is 44.2 Å². The third kappa shape index (κ3) is 9.87. The Morgan fingerprint density at radius 3 is 2.11 bits per heavy atom. The van der Waals surface area contributed by atoms with Gasteiger partial charge in [0.15, 0.2) is 0 Å². The first-order valence-electron chi connectivity index (χ1n) is 21.8. The van der Waals surface area contributed by atoms with Crippen molar-refractivity contribution < 1.29 is 38.1 Å². The molecule has 2 aromatic heterocycles. The average molecular weight is 849 g/mol. The van der Waals surface area contributed by atoms with E-state index in [9.17, 15) is 19.2 Å². The number of ether oxygens (including phenoxy) is 4. The number of methoxy groups -OCH3 is 2. The lowest BCUT2D eigenvalue weighted by molar-refractivity contribution is -0.136. The molecule has 8 rings (SSSR count). The second-order valence-corrected chi connectivity index (χ2v) is 16.4. The maximum absolute atomic E-state index is 14.0. The van der Waals surface area contributed by atoms with Crippen LogP contribution < -0.4 is 16.0 Å². The fraction of sp³-hybridized carbons (Fsp3) is 0.478. The zero-order chi connectivity index (χ0) is 43.0. The maximum Gasteiger partial charge on any atom is 0.407 e. The molecule has 0 aliphatic carbocycles. The highest BCUT2D eigenvalue weighted by molar-refractivity contribution is 5.92.